The predicted octanol–water partition coefficient (Wildman–Crippen LogP) is 3.36. The normalized spacial score (nSPS) is 10.8. The number of aromatic nitrogens is 4. The van der Waals surface area contributed by atoms with Crippen LogP contribution in [0.4, 0.5) is 5.69 Å². The van der Waals surface area contributed by atoms with E-state index in [1.807, 2.05) is 66.9 Å². The van der Waals surface area contributed by atoms with Gasteiger partial charge in [0.25, 0.3) is 0 Å². The van der Waals surface area contributed by atoms with Crippen molar-refractivity contribution in [1.82, 2.24) is 19.4 Å². The van der Waals surface area contributed by atoms with Crippen molar-refractivity contribution in [2.75, 3.05) is 17.0 Å². The van der Waals surface area contributed by atoms with Crippen LogP contribution in [-0.4, -0.2) is 30.8 Å². The monoisotopic (exact) mass is 407 g/mol. The van der Waals surface area contributed by atoms with Gasteiger partial charge in [0, 0.05) is 5.69 Å². The van der Waals surface area contributed by atoms with Gasteiger partial charge in [-0.15, -0.1) is 11.8 Å². The molecule has 0 unspecified atom stereocenters. The number of hydrogen-bond donors (Lipinski definition) is 3. The Balaban J connectivity index is 1.71. The zero-order valence-electron chi connectivity index (χ0n) is 15.0. The Morgan fingerprint density at radius 1 is 1.07 bits per heavy atom. The van der Waals surface area contributed by atoms with E-state index in [0.29, 0.717) is 16.1 Å². The number of hydrogen-bond acceptors (Lipinski definition) is 5. The fourth-order valence-corrected chi connectivity index (χ4v) is 3.55. The summed E-state index contributed by atoms with van der Waals surface area (Å²) in [5, 5.41) is 18.1. The summed E-state index contributed by atoms with van der Waals surface area (Å²) in [6, 6.07) is 19.4. The third kappa shape index (κ3) is 3.49. The lowest BCUT2D eigenvalue weighted by Gasteiger charge is -2.13. The number of benzene rings is 2. The van der Waals surface area contributed by atoms with Crippen LogP contribution in [0.25, 0.3) is 16.7 Å². The van der Waals surface area contributed by atoms with Crippen molar-refractivity contribution in [1.29, 1.82) is 5.41 Å². The molecule has 28 heavy (non-hydrogen) atoms. The summed E-state index contributed by atoms with van der Waals surface area (Å²) in [5.41, 5.74) is 5.61. The molecular weight excluding hydrogens is 390 g/mol. The fraction of sp³-hybridized carbons (Fsp3) is 0.0526. The van der Waals surface area contributed by atoms with Gasteiger partial charge < -0.3 is 5.32 Å². The summed E-state index contributed by atoms with van der Waals surface area (Å²) in [7, 11) is 0. The molecule has 9 heteroatoms. The molecule has 4 rings (SSSR count). The predicted molar refractivity (Wildman–Crippen MR) is 117 cm³/mol. The highest BCUT2D eigenvalue weighted by atomic mass is 32.2. The summed E-state index contributed by atoms with van der Waals surface area (Å²) >= 11 is 6.84. The highest BCUT2D eigenvalue weighted by Gasteiger charge is 2.16. The van der Waals surface area contributed by atoms with Crippen molar-refractivity contribution in [3.8, 4) is 5.69 Å². The number of nitrogens with one attached hydrogen (secondary N) is 3. The van der Waals surface area contributed by atoms with E-state index >= 15 is 0 Å². The number of thiocarbonyl (C=S) groups is 1. The van der Waals surface area contributed by atoms with Gasteiger partial charge in [-0.05, 0) is 42.7 Å². The first-order valence-corrected chi connectivity index (χ1v) is 10.1. The van der Waals surface area contributed by atoms with Crippen molar-refractivity contribution < 1.29 is 0 Å². The highest BCUT2D eigenvalue weighted by Crippen LogP contribution is 2.23. The second-order valence-corrected chi connectivity index (χ2v) is 7.05. The van der Waals surface area contributed by atoms with E-state index in [0.717, 1.165) is 16.4 Å². The number of para-hydroxylation sites is 2. The van der Waals surface area contributed by atoms with Crippen LogP contribution in [0.1, 0.15) is 0 Å². The van der Waals surface area contributed by atoms with E-state index in [-0.39, 0.29) is 5.49 Å². The van der Waals surface area contributed by atoms with E-state index in [9.17, 15) is 0 Å². The van der Waals surface area contributed by atoms with Gasteiger partial charge in [0.2, 0.25) is 0 Å². The van der Waals surface area contributed by atoms with Gasteiger partial charge in [-0.1, -0.05) is 36.4 Å². The SMILES string of the molecule is CSc1nn(-c2ccccc2)c2ncn(NC(=S)Nc3ccccc3)c(=N)c12. The van der Waals surface area contributed by atoms with E-state index in [2.05, 4.69) is 20.8 Å². The quantitative estimate of drug-likeness (QED) is 0.355. The molecule has 0 radical (unpaired) electrons. The molecule has 0 saturated heterocycles. The molecule has 0 bridgehead atoms. The van der Waals surface area contributed by atoms with Gasteiger partial charge >= 0.3 is 0 Å². The Bertz CT molecular complexity index is 1180. The Labute approximate surface area is 170 Å². The molecule has 0 aliphatic heterocycles. The van der Waals surface area contributed by atoms with Crippen LogP contribution in [0, 0.1) is 5.41 Å². The van der Waals surface area contributed by atoms with Crippen molar-refractivity contribution >= 4 is 45.8 Å². The Morgan fingerprint density at radius 3 is 2.43 bits per heavy atom. The maximum atomic E-state index is 8.64. The van der Waals surface area contributed by atoms with Gasteiger partial charge in [0.1, 0.15) is 11.4 Å². The Hall–Kier alpha value is -3.17. The largest absolute Gasteiger partial charge is 0.331 e. The maximum Gasteiger partial charge on any atom is 0.190 e. The molecule has 0 spiro atoms. The third-order valence-corrected chi connectivity index (χ3v) is 4.92. The van der Waals surface area contributed by atoms with Crippen molar-refractivity contribution in [3.05, 3.63) is 72.5 Å². The molecule has 7 nitrogen and oxygen atoms in total. The van der Waals surface area contributed by atoms with Crippen LogP contribution >= 0.6 is 24.0 Å². The van der Waals surface area contributed by atoms with Gasteiger partial charge in [-0.2, -0.15) is 5.10 Å². The molecule has 0 fully saturated rings. The summed E-state index contributed by atoms with van der Waals surface area (Å²) in [6.07, 6.45) is 3.47. The molecule has 4 aromatic rings. The van der Waals surface area contributed by atoms with Crippen LogP contribution in [0.2, 0.25) is 0 Å². The van der Waals surface area contributed by atoms with Gasteiger partial charge in [-0.25, -0.2) is 14.3 Å². The van der Waals surface area contributed by atoms with Crippen LogP contribution in [0.15, 0.2) is 72.0 Å². The Morgan fingerprint density at radius 2 is 1.75 bits per heavy atom. The molecule has 2 aromatic heterocycles. The average molecular weight is 408 g/mol. The smallest absolute Gasteiger partial charge is 0.190 e. The lowest BCUT2D eigenvalue weighted by Crippen LogP contribution is -2.35. The molecule has 0 saturated carbocycles. The van der Waals surface area contributed by atoms with Gasteiger partial charge in [-0.3, -0.25) is 10.8 Å². The molecule has 0 atom stereocenters. The van der Waals surface area contributed by atoms with E-state index in [1.54, 1.807) is 4.68 Å². The number of fused-ring (bicyclic) bond motifs is 1. The Kier molecular flexibility index (Phi) is 5.09. The van der Waals surface area contributed by atoms with E-state index < -0.39 is 0 Å². The standard InChI is InChI=1S/C19H17N7S2/c1-28-18-15-16(20)25(24-19(27)22-13-8-4-2-5-9-13)12-21-17(15)26(23-18)14-10-6-3-7-11-14/h2-12,20H,1H3,(H2,22,24,27). The second-order valence-electron chi connectivity index (χ2n) is 5.85. The minimum Gasteiger partial charge on any atom is -0.331 e. The molecule has 2 heterocycles. The van der Waals surface area contributed by atoms with Crippen molar-refractivity contribution in [2.24, 2.45) is 0 Å². The number of anilines is 1. The van der Waals surface area contributed by atoms with Crippen LogP contribution in [0.3, 0.4) is 0 Å². The van der Waals surface area contributed by atoms with Gasteiger partial charge in [0.05, 0.1) is 11.1 Å². The molecule has 140 valence electrons. The zero-order valence-corrected chi connectivity index (χ0v) is 16.6. The highest BCUT2D eigenvalue weighted by molar-refractivity contribution is 7.98. The van der Waals surface area contributed by atoms with E-state index in [4.69, 9.17) is 17.6 Å². The summed E-state index contributed by atoms with van der Waals surface area (Å²) in [6.45, 7) is 0. The molecule has 0 amide bonds. The van der Waals surface area contributed by atoms with Crippen molar-refractivity contribution in [2.45, 2.75) is 5.03 Å². The van der Waals surface area contributed by atoms with Crippen LogP contribution < -0.4 is 16.2 Å². The minimum absolute atomic E-state index is 0.230. The fourth-order valence-electron chi connectivity index (χ4n) is 2.77. The zero-order chi connectivity index (χ0) is 19.5. The maximum absolute atomic E-state index is 8.64. The number of nitrogens with zero attached hydrogens (tertiary/aromatic N) is 4. The van der Waals surface area contributed by atoms with Crippen molar-refractivity contribution in [3.63, 3.8) is 0 Å². The van der Waals surface area contributed by atoms with E-state index in [1.165, 1.54) is 22.8 Å². The number of thioether (sulfide) groups is 1. The second kappa shape index (κ2) is 7.83. The lowest BCUT2D eigenvalue weighted by molar-refractivity contribution is 0.836. The van der Waals surface area contributed by atoms with Gasteiger partial charge in [0.15, 0.2) is 16.2 Å². The average Bonchev–Trinajstić information content (AvgIpc) is 3.11. The molecular formula is C19H17N7S2. The third-order valence-electron chi connectivity index (χ3n) is 4.05. The molecule has 0 aliphatic carbocycles. The molecule has 3 N–H and O–H groups in total. The first-order chi connectivity index (χ1) is 13.7. The lowest BCUT2D eigenvalue weighted by atomic mass is 10.3. The first-order valence-electron chi connectivity index (χ1n) is 8.45. The minimum atomic E-state index is 0.230. The summed E-state index contributed by atoms with van der Waals surface area (Å²) < 4.78 is 3.24. The molecule has 2 aromatic carbocycles. The summed E-state index contributed by atoms with van der Waals surface area (Å²) in [4.78, 5) is 4.53. The topological polar surface area (TPSA) is 83.6 Å². The summed E-state index contributed by atoms with van der Waals surface area (Å²) in [5.74, 6) is 0. The first kappa shape index (κ1) is 18.2. The van der Waals surface area contributed by atoms with Crippen LogP contribution in [-0.2, 0) is 0 Å². The molecule has 0 aliphatic rings. The van der Waals surface area contributed by atoms with Crippen LogP contribution in [0.5, 0.6) is 0 Å². The number of rotatable bonds is 4.